The van der Waals surface area contributed by atoms with E-state index < -0.39 is 14.1 Å². The van der Waals surface area contributed by atoms with Crippen molar-refractivity contribution in [1.29, 1.82) is 0 Å². The van der Waals surface area contributed by atoms with Gasteiger partial charge in [0.15, 0.2) is 19.9 Å². The summed E-state index contributed by atoms with van der Waals surface area (Å²) >= 11 is 0. The van der Waals surface area contributed by atoms with Gasteiger partial charge in [-0.3, -0.25) is 4.79 Å². The zero-order valence-electron chi connectivity index (χ0n) is 36.9. The molecule has 8 fully saturated rings. The fourth-order valence-electron chi connectivity index (χ4n) is 12.3. The lowest BCUT2D eigenvalue weighted by Gasteiger charge is -2.42. The molecule has 9 aliphatic rings. The van der Waals surface area contributed by atoms with Gasteiger partial charge in [0.25, 0.3) is 0 Å². The van der Waals surface area contributed by atoms with Crippen molar-refractivity contribution in [2.24, 2.45) is 29.6 Å². The number of allylic oxidation sites excluding steroid dienone is 2. The van der Waals surface area contributed by atoms with Crippen molar-refractivity contribution in [3.05, 3.63) is 36.5 Å². The predicted octanol–water partition coefficient (Wildman–Crippen LogP) is 9.43. The number of hydrogen-bond acceptors (Lipinski definition) is 9. The molecule has 58 heavy (non-hydrogen) atoms. The van der Waals surface area contributed by atoms with E-state index in [0.717, 1.165) is 101 Å². The standard InChI is InChI=1S/C48H76O9Si/c1-10-58(11-2,12-3)50-27-28(4)21-40-32(8)37-24-34(49)15-13-14-16-39-33(9)44-46-47(54-39)45-43(55-46)26-48(56-44,57-45)20-19-36-23-30(6)38(51-36)18-17-35-22-29(5)31(7)41(52-35)25-42(37)53-40/h13,15,28-29,32-33,35-47H,6-7,10-12,14,16-27H2,1-5,8-9H3/b15-13+/t28-,29+,32+,33?,35-,36-,37?,38?,39-,40+,41?,42-,43+,44-,45?,46-,47-,48+/m0/s1. The topological polar surface area (TPSA) is 90.9 Å². The fourth-order valence-corrected chi connectivity index (χ4v) is 15.0. The molecule has 9 aliphatic heterocycles. The highest BCUT2D eigenvalue weighted by molar-refractivity contribution is 6.73. The van der Waals surface area contributed by atoms with Crippen LogP contribution in [-0.4, -0.2) is 99.7 Å². The molecule has 0 aromatic carbocycles. The molecule has 0 radical (unpaired) electrons. The van der Waals surface area contributed by atoms with Crippen LogP contribution in [0.4, 0.5) is 0 Å². The van der Waals surface area contributed by atoms with E-state index in [-0.39, 0.29) is 96.8 Å². The van der Waals surface area contributed by atoms with Gasteiger partial charge >= 0.3 is 0 Å². The third kappa shape index (κ3) is 8.72. The number of hydrogen-bond donors (Lipinski definition) is 0. The average molecular weight is 825 g/mol. The van der Waals surface area contributed by atoms with E-state index in [1.54, 1.807) is 0 Å². The van der Waals surface area contributed by atoms with Crippen LogP contribution in [0.15, 0.2) is 36.5 Å². The number of fused-ring (bicyclic) bond motifs is 6. The molecule has 1 spiro atoms. The lowest BCUT2D eigenvalue weighted by Crippen LogP contribution is -2.54. The average Bonchev–Trinajstić information content (AvgIpc) is 3.87. The third-order valence-corrected chi connectivity index (χ3v) is 21.0. The summed E-state index contributed by atoms with van der Waals surface area (Å²) in [5, 5.41) is 0. The molecule has 8 saturated heterocycles. The van der Waals surface area contributed by atoms with Crippen molar-refractivity contribution in [3.63, 3.8) is 0 Å². The Morgan fingerprint density at radius 3 is 2.29 bits per heavy atom. The highest BCUT2D eigenvalue weighted by Crippen LogP contribution is 2.54. The maximum Gasteiger partial charge on any atom is 0.191 e. The largest absolute Gasteiger partial charge is 0.417 e. The van der Waals surface area contributed by atoms with Gasteiger partial charge in [0, 0.05) is 38.2 Å². The highest BCUT2D eigenvalue weighted by Gasteiger charge is 2.67. The first-order chi connectivity index (χ1) is 27.8. The SMILES string of the molecule is C=C1C[C@@H]2CC[C@@]34C[C@H]5O[C@H]6[C@@H](O3)C(C)[C@H](CC/C=C/C(=O)CC3[C@H](CC7O[C@@H](CCC1O2)C[C@@H](C)C7=C)O[C@H](C[C@H](C)CO[Si](CC)(CC)CC)[C@@H]3C)O[C@H]6C5O4. The quantitative estimate of drug-likeness (QED) is 0.176. The van der Waals surface area contributed by atoms with E-state index in [1.165, 1.54) is 5.57 Å². The van der Waals surface area contributed by atoms with Crippen LogP contribution in [0, 0.1) is 29.6 Å². The first-order valence-corrected chi connectivity index (χ1v) is 26.2. The summed E-state index contributed by atoms with van der Waals surface area (Å²) < 4.78 is 54.7. The zero-order valence-corrected chi connectivity index (χ0v) is 37.9. The first kappa shape index (κ1) is 43.4. The minimum absolute atomic E-state index is 0.00161. The van der Waals surface area contributed by atoms with E-state index in [0.29, 0.717) is 18.3 Å². The Hall–Kier alpha value is -1.21. The molecular formula is C48H76O9Si. The molecule has 11 bridgehead atoms. The van der Waals surface area contributed by atoms with E-state index in [9.17, 15) is 4.79 Å². The van der Waals surface area contributed by atoms with Gasteiger partial charge in [-0.05, 0) is 110 Å². The predicted molar refractivity (Wildman–Crippen MR) is 227 cm³/mol. The lowest BCUT2D eigenvalue weighted by atomic mass is 9.79. The van der Waals surface area contributed by atoms with Crippen LogP contribution in [0.25, 0.3) is 0 Å². The van der Waals surface area contributed by atoms with Gasteiger partial charge < -0.3 is 37.6 Å². The van der Waals surface area contributed by atoms with E-state index in [1.807, 2.05) is 6.08 Å². The number of carbonyl (C=O) groups excluding carboxylic acids is 1. The summed E-state index contributed by atoms with van der Waals surface area (Å²) in [5.74, 6) is 0.722. The van der Waals surface area contributed by atoms with Crippen molar-refractivity contribution >= 4 is 14.1 Å². The minimum Gasteiger partial charge on any atom is -0.417 e. The summed E-state index contributed by atoms with van der Waals surface area (Å²) in [7, 11) is -1.68. The van der Waals surface area contributed by atoms with Crippen molar-refractivity contribution in [2.45, 2.75) is 223 Å². The molecule has 0 aliphatic carbocycles. The second-order valence-electron chi connectivity index (χ2n) is 20.1. The maximum absolute atomic E-state index is 13.8. The molecule has 9 nitrogen and oxygen atoms in total. The Balaban J connectivity index is 0.998. The monoisotopic (exact) mass is 825 g/mol. The second-order valence-corrected chi connectivity index (χ2v) is 24.9. The van der Waals surface area contributed by atoms with Gasteiger partial charge in [0.2, 0.25) is 0 Å². The van der Waals surface area contributed by atoms with Gasteiger partial charge in [-0.2, -0.15) is 0 Å². The van der Waals surface area contributed by atoms with Crippen molar-refractivity contribution in [1.82, 2.24) is 0 Å². The molecule has 0 aromatic heterocycles. The summed E-state index contributed by atoms with van der Waals surface area (Å²) in [6, 6.07) is 3.47. The smallest absolute Gasteiger partial charge is 0.191 e. The van der Waals surface area contributed by atoms with Crippen LogP contribution < -0.4 is 0 Å². The highest BCUT2D eigenvalue weighted by atomic mass is 28.4. The van der Waals surface area contributed by atoms with Crippen molar-refractivity contribution in [2.75, 3.05) is 6.61 Å². The first-order valence-electron chi connectivity index (χ1n) is 23.7. The normalized spacial score (nSPS) is 47.0. The molecule has 0 amide bonds. The molecule has 18 atom stereocenters. The van der Waals surface area contributed by atoms with E-state index in [2.05, 4.69) is 67.7 Å². The Morgan fingerprint density at radius 1 is 0.793 bits per heavy atom. The molecule has 0 saturated carbocycles. The van der Waals surface area contributed by atoms with Gasteiger partial charge in [-0.15, -0.1) is 0 Å². The number of carbonyl (C=O) groups is 1. The molecular weight excluding hydrogens is 749 g/mol. The minimum atomic E-state index is -1.68. The number of ketones is 1. The molecule has 10 heteroatoms. The molecule has 9 rings (SSSR count). The fraction of sp³-hybridized carbons (Fsp3) is 0.854. The maximum atomic E-state index is 13.8. The Morgan fingerprint density at radius 2 is 1.52 bits per heavy atom. The van der Waals surface area contributed by atoms with Crippen LogP contribution in [0.2, 0.25) is 18.1 Å². The molecule has 326 valence electrons. The molecule has 0 aromatic rings. The van der Waals surface area contributed by atoms with E-state index >= 15 is 0 Å². The Bertz CT molecular complexity index is 1500. The number of ether oxygens (including phenoxy) is 7. The Labute approximate surface area is 350 Å². The van der Waals surface area contributed by atoms with Crippen LogP contribution in [-0.2, 0) is 42.4 Å². The van der Waals surface area contributed by atoms with Gasteiger partial charge in [0.1, 0.15) is 18.3 Å². The molecule has 0 N–H and O–H groups in total. The summed E-state index contributed by atoms with van der Waals surface area (Å²) in [5.41, 5.74) is 2.34. The molecule has 9 heterocycles. The van der Waals surface area contributed by atoms with Crippen molar-refractivity contribution in [3.8, 4) is 0 Å². The van der Waals surface area contributed by atoms with Gasteiger partial charge in [-0.25, -0.2) is 0 Å². The summed E-state index contributed by atoms with van der Waals surface area (Å²) in [6.45, 7) is 25.9. The van der Waals surface area contributed by atoms with Gasteiger partial charge in [0.05, 0.1) is 54.9 Å². The van der Waals surface area contributed by atoms with E-state index in [4.69, 9.17) is 37.6 Å². The van der Waals surface area contributed by atoms with Crippen LogP contribution in [0.5, 0.6) is 0 Å². The number of rotatable bonds is 8. The van der Waals surface area contributed by atoms with Crippen LogP contribution in [0.1, 0.15) is 126 Å². The van der Waals surface area contributed by atoms with Crippen molar-refractivity contribution < 1.29 is 42.4 Å². The third-order valence-electron chi connectivity index (χ3n) is 16.4. The second kappa shape index (κ2) is 17.9. The molecule has 5 unspecified atom stereocenters. The summed E-state index contributed by atoms with van der Waals surface area (Å²) in [6.07, 6.45) is 13.4. The Kier molecular flexibility index (Phi) is 13.4. The zero-order chi connectivity index (χ0) is 40.9. The van der Waals surface area contributed by atoms with Gasteiger partial charge in [-0.1, -0.05) is 67.7 Å². The van der Waals surface area contributed by atoms with Crippen LogP contribution >= 0.6 is 0 Å². The summed E-state index contributed by atoms with van der Waals surface area (Å²) in [4.78, 5) is 13.8. The lowest BCUT2D eigenvalue weighted by molar-refractivity contribution is -0.263. The van der Waals surface area contributed by atoms with Crippen LogP contribution in [0.3, 0.4) is 0 Å².